The maximum Gasteiger partial charge on any atom is 0.291 e. The Balaban J connectivity index is 1.63. The van der Waals surface area contributed by atoms with E-state index in [1.165, 1.54) is 4.52 Å². The van der Waals surface area contributed by atoms with Gasteiger partial charge in [0.15, 0.2) is 0 Å². The number of carbonyl (C=O) groups is 1. The van der Waals surface area contributed by atoms with Crippen molar-refractivity contribution in [2.75, 3.05) is 12.3 Å². The monoisotopic (exact) mass is 343 g/mol. The molecular formula is C16H17N5O2S. The first-order valence-corrected chi connectivity index (χ1v) is 8.79. The van der Waals surface area contributed by atoms with Gasteiger partial charge in [0.25, 0.3) is 11.7 Å². The maximum absolute atomic E-state index is 12.2. The summed E-state index contributed by atoms with van der Waals surface area (Å²) >= 11 is 0. The molecule has 2 aromatic heterocycles. The lowest BCUT2D eigenvalue weighted by Gasteiger charge is -2.03. The Morgan fingerprint density at radius 3 is 2.71 bits per heavy atom. The van der Waals surface area contributed by atoms with Gasteiger partial charge in [-0.3, -0.25) is 9.00 Å². The molecule has 0 aliphatic rings. The summed E-state index contributed by atoms with van der Waals surface area (Å²) < 4.78 is 13.6. The molecule has 1 atom stereocenters. The topological polar surface area (TPSA) is 89.3 Å². The van der Waals surface area contributed by atoms with Crippen LogP contribution in [0.25, 0.3) is 5.78 Å². The highest BCUT2D eigenvalue weighted by Gasteiger charge is 2.15. The molecule has 2 heterocycles. The summed E-state index contributed by atoms with van der Waals surface area (Å²) in [6.45, 7) is 4.02. The Morgan fingerprint density at radius 2 is 1.96 bits per heavy atom. The molecule has 1 N–H and O–H groups in total. The van der Waals surface area contributed by atoms with Gasteiger partial charge < -0.3 is 5.32 Å². The average molecular weight is 343 g/mol. The zero-order valence-corrected chi connectivity index (χ0v) is 14.2. The molecule has 124 valence electrons. The second-order valence-corrected chi connectivity index (χ2v) is 6.88. The molecule has 1 unspecified atom stereocenters. The number of hydrogen-bond donors (Lipinski definition) is 1. The molecule has 0 aliphatic carbocycles. The van der Waals surface area contributed by atoms with Crippen LogP contribution in [0.3, 0.4) is 0 Å². The number of hydrogen-bond acceptors (Lipinski definition) is 5. The number of aryl methyl sites for hydroxylation is 2. The van der Waals surface area contributed by atoms with E-state index in [4.69, 9.17) is 0 Å². The van der Waals surface area contributed by atoms with E-state index in [0.717, 1.165) is 16.3 Å². The summed E-state index contributed by atoms with van der Waals surface area (Å²) in [4.78, 5) is 21.3. The van der Waals surface area contributed by atoms with Gasteiger partial charge in [-0.2, -0.15) is 4.98 Å². The number of rotatable bonds is 5. The Hall–Kier alpha value is -2.61. The normalized spacial score (nSPS) is 12.2. The standard InChI is InChI=1S/C16H17N5O2S/c1-11-10-12(2)21-16(18-11)19-14(20-21)15(22)17-8-9-24(23)13-6-4-3-5-7-13/h3-7,10H,8-9H2,1-2H3,(H,17,22). The van der Waals surface area contributed by atoms with Gasteiger partial charge in [0.05, 0.1) is 10.8 Å². The smallest absolute Gasteiger partial charge is 0.291 e. The summed E-state index contributed by atoms with van der Waals surface area (Å²) in [6.07, 6.45) is 0. The largest absolute Gasteiger partial charge is 0.348 e. The van der Waals surface area contributed by atoms with Crippen LogP contribution in [0, 0.1) is 13.8 Å². The summed E-state index contributed by atoms with van der Waals surface area (Å²) in [5.74, 6) is 0.384. The van der Waals surface area contributed by atoms with Crippen LogP contribution in [0.2, 0.25) is 0 Å². The highest BCUT2D eigenvalue weighted by atomic mass is 32.2. The van der Waals surface area contributed by atoms with Crippen LogP contribution >= 0.6 is 0 Å². The number of fused-ring (bicyclic) bond motifs is 1. The minimum Gasteiger partial charge on any atom is -0.348 e. The van der Waals surface area contributed by atoms with Crippen molar-refractivity contribution in [3.05, 3.63) is 53.6 Å². The van der Waals surface area contributed by atoms with E-state index in [2.05, 4.69) is 20.4 Å². The molecule has 7 nitrogen and oxygen atoms in total. The van der Waals surface area contributed by atoms with Crippen molar-refractivity contribution < 1.29 is 9.00 Å². The first kappa shape index (κ1) is 16.3. The molecule has 0 saturated carbocycles. The highest BCUT2D eigenvalue weighted by molar-refractivity contribution is 7.85. The second kappa shape index (κ2) is 6.88. The SMILES string of the molecule is Cc1cc(C)n2nc(C(=O)NCCS(=O)c3ccccc3)nc2n1. The van der Waals surface area contributed by atoms with Crippen molar-refractivity contribution >= 4 is 22.5 Å². The molecule has 1 aromatic carbocycles. The van der Waals surface area contributed by atoms with Gasteiger partial charge in [-0.25, -0.2) is 9.50 Å². The van der Waals surface area contributed by atoms with Crippen molar-refractivity contribution in [2.24, 2.45) is 0 Å². The number of nitrogens with one attached hydrogen (secondary N) is 1. The zero-order valence-electron chi connectivity index (χ0n) is 13.4. The minimum atomic E-state index is -1.15. The molecule has 0 fully saturated rings. The molecule has 0 spiro atoms. The third-order valence-corrected chi connectivity index (χ3v) is 4.77. The van der Waals surface area contributed by atoms with Crippen molar-refractivity contribution in [3.63, 3.8) is 0 Å². The molecule has 0 aliphatic heterocycles. The molecule has 1 amide bonds. The van der Waals surface area contributed by atoms with Crippen molar-refractivity contribution in [2.45, 2.75) is 18.7 Å². The van der Waals surface area contributed by atoms with Gasteiger partial charge in [0.1, 0.15) is 0 Å². The Bertz CT molecular complexity index is 907. The Labute approximate surface area is 141 Å². The van der Waals surface area contributed by atoms with E-state index < -0.39 is 16.7 Å². The Kier molecular flexibility index (Phi) is 4.66. The third kappa shape index (κ3) is 3.48. The van der Waals surface area contributed by atoms with Crippen molar-refractivity contribution in [3.8, 4) is 0 Å². The number of nitrogens with zero attached hydrogens (tertiary/aromatic N) is 4. The Morgan fingerprint density at radius 1 is 1.21 bits per heavy atom. The maximum atomic E-state index is 12.2. The molecule has 0 bridgehead atoms. The highest BCUT2D eigenvalue weighted by Crippen LogP contribution is 2.06. The lowest BCUT2D eigenvalue weighted by atomic mass is 10.4. The van der Waals surface area contributed by atoms with Crippen molar-refractivity contribution in [1.82, 2.24) is 24.9 Å². The first-order valence-electron chi connectivity index (χ1n) is 7.47. The third-order valence-electron chi connectivity index (χ3n) is 3.40. The number of amides is 1. The fourth-order valence-corrected chi connectivity index (χ4v) is 3.27. The number of benzene rings is 1. The molecule has 0 radical (unpaired) electrons. The molecular weight excluding hydrogens is 326 g/mol. The van der Waals surface area contributed by atoms with Gasteiger partial charge in [0.2, 0.25) is 5.82 Å². The molecule has 0 saturated heterocycles. The van der Waals surface area contributed by atoms with Gasteiger partial charge >= 0.3 is 0 Å². The summed E-state index contributed by atoms with van der Waals surface area (Å²) in [5.41, 5.74) is 1.67. The van der Waals surface area contributed by atoms with Crippen LogP contribution in [0.5, 0.6) is 0 Å². The second-order valence-electron chi connectivity index (χ2n) is 5.30. The average Bonchev–Trinajstić information content (AvgIpc) is 3.00. The van der Waals surface area contributed by atoms with E-state index in [-0.39, 0.29) is 12.4 Å². The molecule has 8 heteroatoms. The van der Waals surface area contributed by atoms with E-state index >= 15 is 0 Å². The fraction of sp³-hybridized carbons (Fsp3) is 0.250. The predicted molar refractivity (Wildman–Crippen MR) is 90.3 cm³/mol. The number of carbonyl (C=O) groups excluding carboxylic acids is 1. The van der Waals surface area contributed by atoms with Crippen LogP contribution in [0.15, 0.2) is 41.3 Å². The number of aromatic nitrogens is 4. The van der Waals surface area contributed by atoms with Crippen LogP contribution in [-0.2, 0) is 10.8 Å². The van der Waals surface area contributed by atoms with Crippen LogP contribution in [0.4, 0.5) is 0 Å². The van der Waals surface area contributed by atoms with E-state index in [1.54, 1.807) is 12.1 Å². The quantitative estimate of drug-likeness (QED) is 0.754. The van der Waals surface area contributed by atoms with E-state index in [9.17, 15) is 9.00 Å². The van der Waals surface area contributed by atoms with Gasteiger partial charge in [-0.1, -0.05) is 18.2 Å². The van der Waals surface area contributed by atoms with Crippen LogP contribution in [0.1, 0.15) is 22.0 Å². The first-order chi connectivity index (χ1) is 11.5. The lowest BCUT2D eigenvalue weighted by molar-refractivity contribution is 0.0946. The van der Waals surface area contributed by atoms with E-state index in [0.29, 0.717) is 11.5 Å². The zero-order chi connectivity index (χ0) is 17.1. The summed E-state index contributed by atoms with van der Waals surface area (Å²) in [6, 6.07) is 11.0. The van der Waals surface area contributed by atoms with Gasteiger partial charge in [-0.15, -0.1) is 5.10 Å². The molecule has 3 aromatic rings. The van der Waals surface area contributed by atoms with Crippen molar-refractivity contribution in [1.29, 1.82) is 0 Å². The van der Waals surface area contributed by atoms with Gasteiger partial charge in [0, 0.05) is 28.6 Å². The fourth-order valence-electron chi connectivity index (χ4n) is 2.29. The van der Waals surface area contributed by atoms with Crippen LogP contribution in [-0.4, -0.2) is 42.0 Å². The lowest BCUT2D eigenvalue weighted by Crippen LogP contribution is -2.28. The summed E-state index contributed by atoms with van der Waals surface area (Å²) in [7, 11) is -1.15. The van der Waals surface area contributed by atoms with E-state index in [1.807, 2.05) is 38.1 Å². The summed E-state index contributed by atoms with van der Waals surface area (Å²) in [5, 5.41) is 6.86. The van der Waals surface area contributed by atoms with Crippen LogP contribution < -0.4 is 5.32 Å². The van der Waals surface area contributed by atoms with Gasteiger partial charge in [-0.05, 0) is 32.0 Å². The minimum absolute atomic E-state index is 0.0571. The predicted octanol–water partition coefficient (Wildman–Crippen LogP) is 1.28. The molecule has 24 heavy (non-hydrogen) atoms. The molecule has 3 rings (SSSR count).